The van der Waals surface area contributed by atoms with Crippen molar-refractivity contribution in [3.05, 3.63) is 0 Å². The Morgan fingerprint density at radius 2 is 1.71 bits per heavy atom. The molecule has 0 amide bonds. The number of hydrogen-bond donors (Lipinski definition) is 0. The lowest BCUT2D eigenvalue weighted by atomic mass is 9.60. The summed E-state index contributed by atoms with van der Waals surface area (Å²) >= 11 is 0. The van der Waals surface area contributed by atoms with Gasteiger partial charge in [-0.1, -0.05) is 20.8 Å². The van der Waals surface area contributed by atoms with Crippen molar-refractivity contribution in [2.45, 2.75) is 40.0 Å². The van der Waals surface area contributed by atoms with E-state index in [1.807, 2.05) is 0 Å². The summed E-state index contributed by atoms with van der Waals surface area (Å²) in [6, 6.07) is 0. The van der Waals surface area contributed by atoms with E-state index in [9.17, 15) is 9.59 Å². The third-order valence-corrected chi connectivity index (χ3v) is 5.47. The van der Waals surface area contributed by atoms with Crippen molar-refractivity contribution in [3.63, 3.8) is 0 Å². The third kappa shape index (κ3) is 0.745. The highest BCUT2D eigenvalue weighted by Gasteiger charge is 2.68. The number of fused-ring (bicyclic) bond motifs is 2. The Bertz CT molecular complexity index is 285. The van der Waals surface area contributed by atoms with Crippen LogP contribution >= 0.6 is 0 Å². The summed E-state index contributed by atoms with van der Waals surface area (Å²) in [5.41, 5.74) is -0.678. The first-order chi connectivity index (χ1) is 6.43. The van der Waals surface area contributed by atoms with Crippen LogP contribution in [0.3, 0.4) is 0 Å². The lowest BCUT2D eigenvalue weighted by Crippen LogP contribution is -2.43. The molecule has 2 aliphatic carbocycles. The molecule has 2 fully saturated rings. The molecule has 2 bridgehead atoms. The van der Waals surface area contributed by atoms with E-state index in [1.54, 1.807) is 0 Å². The molecule has 14 heavy (non-hydrogen) atoms. The number of aldehydes is 2. The molecule has 0 heterocycles. The van der Waals surface area contributed by atoms with Crippen molar-refractivity contribution in [1.82, 2.24) is 0 Å². The van der Waals surface area contributed by atoms with E-state index in [0.717, 1.165) is 25.4 Å². The summed E-state index contributed by atoms with van der Waals surface area (Å²) in [5, 5.41) is 0. The Balaban J connectivity index is 2.54. The maximum absolute atomic E-state index is 11.2. The van der Waals surface area contributed by atoms with Gasteiger partial charge < -0.3 is 9.59 Å². The van der Waals surface area contributed by atoms with Crippen molar-refractivity contribution >= 4 is 12.6 Å². The normalized spacial score (nSPS) is 42.4. The Labute approximate surface area is 85.1 Å². The van der Waals surface area contributed by atoms with Gasteiger partial charge in [0.05, 0.1) is 5.41 Å². The molecule has 2 heteroatoms. The van der Waals surface area contributed by atoms with Crippen molar-refractivity contribution in [2.24, 2.45) is 22.2 Å². The van der Waals surface area contributed by atoms with Crippen LogP contribution in [0.5, 0.6) is 0 Å². The Kier molecular flexibility index (Phi) is 1.74. The molecule has 2 nitrogen and oxygen atoms in total. The van der Waals surface area contributed by atoms with Gasteiger partial charge in [0.15, 0.2) is 0 Å². The smallest absolute Gasteiger partial charge is 0.133 e. The van der Waals surface area contributed by atoms with Crippen molar-refractivity contribution in [3.8, 4) is 0 Å². The predicted molar refractivity (Wildman–Crippen MR) is 53.8 cm³/mol. The largest absolute Gasteiger partial charge is 0.302 e. The Hall–Kier alpha value is -0.660. The summed E-state index contributed by atoms with van der Waals surface area (Å²) in [4.78, 5) is 22.4. The summed E-state index contributed by atoms with van der Waals surface area (Å²) in [6.45, 7) is 6.53. The molecule has 2 saturated carbocycles. The third-order valence-electron chi connectivity index (χ3n) is 5.47. The second kappa shape index (κ2) is 2.47. The van der Waals surface area contributed by atoms with Crippen molar-refractivity contribution in [1.29, 1.82) is 0 Å². The number of hydrogen-bond acceptors (Lipinski definition) is 2. The molecule has 2 aliphatic rings. The molecule has 0 aliphatic heterocycles. The highest BCUT2D eigenvalue weighted by Crippen LogP contribution is 2.71. The minimum absolute atomic E-state index is 0.117. The maximum Gasteiger partial charge on any atom is 0.133 e. The van der Waals surface area contributed by atoms with Crippen LogP contribution < -0.4 is 0 Å². The average Bonchev–Trinajstić information content (AvgIpc) is 2.48. The number of carbonyl (C=O) groups excluding carboxylic acids is 2. The van der Waals surface area contributed by atoms with Gasteiger partial charge in [0.1, 0.15) is 12.6 Å². The molecule has 0 spiro atoms. The molecule has 0 aromatic heterocycles. The van der Waals surface area contributed by atoms with Gasteiger partial charge in [-0.05, 0) is 36.0 Å². The fraction of sp³-hybridized carbons (Fsp3) is 0.833. The first-order valence-electron chi connectivity index (χ1n) is 5.36. The first kappa shape index (κ1) is 9.88. The topological polar surface area (TPSA) is 34.1 Å². The molecule has 2 unspecified atom stereocenters. The van der Waals surface area contributed by atoms with E-state index < -0.39 is 5.41 Å². The van der Waals surface area contributed by atoms with E-state index in [-0.39, 0.29) is 10.8 Å². The Morgan fingerprint density at radius 3 is 1.93 bits per heavy atom. The van der Waals surface area contributed by atoms with Gasteiger partial charge in [-0.15, -0.1) is 0 Å². The van der Waals surface area contributed by atoms with Gasteiger partial charge in [0, 0.05) is 0 Å². The van der Waals surface area contributed by atoms with E-state index in [2.05, 4.69) is 20.8 Å². The fourth-order valence-corrected chi connectivity index (χ4v) is 3.80. The van der Waals surface area contributed by atoms with Crippen LogP contribution in [0, 0.1) is 22.2 Å². The van der Waals surface area contributed by atoms with Crippen LogP contribution in [-0.4, -0.2) is 12.6 Å². The van der Waals surface area contributed by atoms with Crippen LogP contribution in [0.1, 0.15) is 40.0 Å². The van der Waals surface area contributed by atoms with Crippen LogP contribution in [0.15, 0.2) is 0 Å². The average molecular weight is 194 g/mol. The standard InChI is InChI=1S/C12H18O2/c1-10(2)9-4-5-11(10,3)12(6-9,7-13)8-14/h7-9H,4-6H2,1-3H3. The summed E-state index contributed by atoms with van der Waals surface area (Å²) in [7, 11) is 0. The van der Waals surface area contributed by atoms with Crippen LogP contribution in [0.4, 0.5) is 0 Å². The molecule has 78 valence electrons. The lowest BCUT2D eigenvalue weighted by molar-refractivity contribution is -0.136. The number of rotatable bonds is 2. The molecule has 0 N–H and O–H groups in total. The van der Waals surface area contributed by atoms with E-state index in [0.29, 0.717) is 5.92 Å². The minimum Gasteiger partial charge on any atom is -0.302 e. The summed E-state index contributed by atoms with van der Waals surface area (Å²) in [5.74, 6) is 0.544. The molecule has 0 radical (unpaired) electrons. The monoisotopic (exact) mass is 194 g/mol. The zero-order valence-electron chi connectivity index (χ0n) is 9.17. The van der Waals surface area contributed by atoms with Crippen LogP contribution in [0.25, 0.3) is 0 Å². The molecular formula is C12H18O2. The molecule has 2 rings (SSSR count). The van der Waals surface area contributed by atoms with Gasteiger partial charge in [-0.3, -0.25) is 0 Å². The van der Waals surface area contributed by atoms with Crippen LogP contribution in [-0.2, 0) is 9.59 Å². The molecule has 2 atom stereocenters. The Morgan fingerprint density at radius 1 is 1.14 bits per heavy atom. The second-order valence-electron chi connectivity index (χ2n) is 5.77. The molecule has 0 aromatic rings. The predicted octanol–water partition coefficient (Wildman–Crippen LogP) is 2.22. The van der Waals surface area contributed by atoms with E-state index in [1.165, 1.54) is 6.42 Å². The van der Waals surface area contributed by atoms with Crippen molar-refractivity contribution < 1.29 is 9.59 Å². The highest BCUT2D eigenvalue weighted by molar-refractivity contribution is 5.86. The van der Waals surface area contributed by atoms with E-state index in [4.69, 9.17) is 0 Å². The molecule has 0 aromatic carbocycles. The lowest BCUT2D eigenvalue weighted by Gasteiger charge is -2.42. The van der Waals surface area contributed by atoms with Gasteiger partial charge in [-0.2, -0.15) is 0 Å². The van der Waals surface area contributed by atoms with Gasteiger partial charge in [-0.25, -0.2) is 0 Å². The maximum atomic E-state index is 11.2. The number of carbonyl (C=O) groups is 2. The molecular weight excluding hydrogens is 176 g/mol. The van der Waals surface area contributed by atoms with Crippen molar-refractivity contribution in [2.75, 3.05) is 0 Å². The van der Waals surface area contributed by atoms with Gasteiger partial charge >= 0.3 is 0 Å². The second-order valence-corrected chi connectivity index (χ2v) is 5.77. The fourth-order valence-electron chi connectivity index (χ4n) is 3.80. The summed E-state index contributed by atoms with van der Waals surface area (Å²) < 4.78 is 0. The first-order valence-corrected chi connectivity index (χ1v) is 5.36. The molecule has 0 saturated heterocycles. The highest BCUT2D eigenvalue weighted by atomic mass is 16.1. The quantitative estimate of drug-likeness (QED) is 0.499. The van der Waals surface area contributed by atoms with E-state index >= 15 is 0 Å². The SMILES string of the molecule is CC1(C)C2CCC1(C)C(C=O)(C=O)C2. The zero-order chi connectivity index (χ0) is 10.6. The van der Waals surface area contributed by atoms with Crippen LogP contribution in [0.2, 0.25) is 0 Å². The summed E-state index contributed by atoms with van der Waals surface area (Å²) in [6.07, 6.45) is 4.76. The minimum atomic E-state index is -0.695. The van der Waals surface area contributed by atoms with Gasteiger partial charge in [0.2, 0.25) is 0 Å². The van der Waals surface area contributed by atoms with Gasteiger partial charge in [0.25, 0.3) is 0 Å². The zero-order valence-corrected chi connectivity index (χ0v) is 9.17.